The highest BCUT2D eigenvalue weighted by molar-refractivity contribution is 7.15. The molecule has 0 saturated carbocycles. The molecular weight excluding hydrogens is 200 g/mol. The number of nitrogens with zero attached hydrogens (tertiary/aromatic N) is 1. The van der Waals surface area contributed by atoms with Crippen LogP contribution in [0.4, 0.5) is 5.13 Å². The largest absolute Gasteiger partial charge is 0.393 e. The fourth-order valence-corrected chi connectivity index (χ4v) is 1.68. The SMILES string of the molecule is Cc1nc(NCC(C)(O)CO)sc1C. The lowest BCUT2D eigenvalue weighted by molar-refractivity contribution is 0.0132. The number of hydrogen-bond acceptors (Lipinski definition) is 5. The molecule has 1 atom stereocenters. The maximum absolute atomic E-state index is 9.52. The van der Waals surface area contributed by atoms with Crippen LogP contribution < -0.4 is 5.32 Å². The zero-order valence-electron chi connectivity index (χ0n) is 8.66. The Hall–Kier alpha value is -0.650. The zero-order valence-corrected chi connectivity index (χ0v) is 9.48. The number of nitrogens with one attached hydrogen (secondary N) is 1. The minimum atomic E-state index is -1.09. The fraction of sp³-hybridized carbons (Fsp3) is 0.667. The van der Waals surface area contributed by atoms with E-state index in [4.69, 9.17) is 5.11 Å². The topological polar surface area (TPSA) is 65.4 Å². The van der Waals surface area contributed by atoms with Crippen molar-refractivity contribution in [1.29, 1.82) is 0 Å². The van der Waals surface area contributed by atoms with E-state index in [1.165, 1.54) is 0 Å². The molecule has 80 valence electrons. The Labute approximate surface area is 87.6 Å². The molecule has 1 aromatic heterocycles. The van der Waals surface area contributed by atoms with Crippen molar-refractivity contribution in [3.05, 3.63) is 10.6 Å². The molecule has 1 aromatic rings. The van der Waals surface area contributed by atoms with E-state index in [-0.39, 0.29) is 6.61 Å². The highest BCUT2D eigenvalue weighted by Crippen LogP contribution is 2.21. The number of aliphatic hydroxyl groups is 2. The van der Waals surface area contributed by atoms with Crippen LogP contribution in [0.2, 0.25) is 0 Å². The van der Waals surface area contributed by atoms with Gasteiger partial charge < -0.3 is 15.5 Å². The molecule has 14 heavy (non-hydrogen) atoms. The molecule has 3 N–H and O–H groups in total. The van der Waals surface area contributed by atoms with Gasteiger partial charge in [-0.15, -0.1) is 11.3 Å². The van der Waals surface area contributed by atoms with E-state index in [1.807, 2.05) is 13.8 Å². The highest BCUT2D eigenvalue weighted by atomic mass is 32.1. The van der Waals surface area contributed by atoms with E-state index in [9.17, 15) is 5.11 Å². The molecule has 0 bridgehead atoms. The number of aryl methyl sites for hydroxylation is 2. The summed E-state index contributed by atoms with van der Waals surface area (Å²) in [4.78, 5) is 5.43. The predicted molar refractivity (Wildman–Crippen MR) is 57.8 cm³/mol. The minimum absolute atomic E-state index is 0.261. The van der Waals surface area contributed by atoms with Gasteiger partial charge in [-0.05, 0) is 20.8 Å². The summed E-state index contributed by atoms with van der Waals surface area (Å²) in [5.74, 6) is 0. The van der Waals surface area contributed by atoms with Gasteiger partial charge in [0.2, 0.25) is 0 Å². The summed E-state index contributed by atoms with van der Waals surface area (Å²) in [5, 5.41) is 22.1. The predicted octanol–water partition coefficient (Wildman–Crippen LogP) is 0.915. The third-order valence-corrected chi connectivity index (χ3v) is 3.02. The average Bonchev–Trinajstić information content (AvgIpc) is 2.44. The Bertz CT molecular complexity index is 290. The molecule has 0 amide bonds. The first-order chi connectivity index (χ1) is 6.44. The van der Waals surface area contributed by atoms with Crippen LogP contribution in [0.15, 0.2) is 0 Å². The van der Waals surface area contributed by atoms with E-state index < -0.39 is 5.60 Å². The average molecular weight is 216 g/mol. The van der Waals surface area contributed by atoms with Crippen LogP contribution in [0, 0.1) is 13.8 Å². The summed E-state index contributed by atoms with van der Waals surface area (Å²) in [6.07, 6.45) is 0. The van der Waals surface area contributed by atoms with Gasteiger partial charge in [-0.1, -0.05) is 0 Å². The third kappa shape index (κ3) is 2.94. The van der Waals surface area contributed by atoms with E-state index >= 15 is 0 Å². The summed E-state index contributed by atoms with van der Waals surface area (Å²) in [7, 11) is 0. The summed E-state index contributed by atoms with van der Waals surface area (Å²) in [6, 6.07) is 0. The number of aromatic nitrogens is 1. The molecular formula is C9H16N2O2S. The number of hydrogen-bond donors (Lipinski definition) is 3. The quantitative estimate of drug-likeness (QED) is 0.700. The number of thiazole rings is 1. The second kappa shape index (κ2) is 4.25. The molecule has 0 saturated heterocycles. The standard InChI is InChI=1S/C9H16N2O2S/c1-6-7(2)14-8(11-6)10-4-9(3,13)5-12/h12-13H,4-5H2,1-3H3,(H,10,11). The van der Waals surface area contributed by atoms with Crippen LogP contribution in [-0.2, 0) is 0 Å². The molecule has 1 unspecified atom stereocenters. The van der Waals surface area contributed by atoms with Crippen LogP contribution in [0.1, 0.15) is 17.5 Å². The van der Waals surface area contributed by atoms with Crippen LogP contribution >= 0.6 is 11.3 Å². The summed E-state index contributed by atoms with van der Waals surface area (Å²) in [6.45, 7) is 5.57. The van der Waals surface area contributed by atoms with Gasteiger partial charge in [0.1, 0.15) is 5.60 Å². The molecule has 1 rings (SSSR count). The smallest absolute Gasteiger partial charge is 0.183 e. The van der Waals surface area contributed by atoms with E-state index in [0.717, 1.165) is 15.7 Å². The lowest BCUT2D eigenvalue weighted by Gasteiger charge is -2.20. The number of rotatable bonds is 4. The van der Waals surface area contributed by atoms with Crippen molar-refractivity contribution in [2.24, 2.45) is 0 Å². The van der Waals surface area contributed by atoms with Crippen molar-refractivity contribution in [1.82, 2.24) is 4.98 Å². The maximum Gasteiger partial charge on any atom is 0.183 e. The highest BCUT2D eigenvalue weighted by Gasteiger charge is 2.19. The van der Waals surface area contributed by atoms with Crippen molar-refractivity contribution < 1.29 is 10.2 Å². The van der Waals surface area contributed by atoms with Crippen molar-refractivity contribution in [2.45, 2.75) is 26.4 Å². The van der Waals surface area contributed by atoms with Crippen molar-refractivity contribution >= 4 is 16.5 Å². The van der Waals surface area contributed by atoms with Crippen molar-refractivity contribution in [3.8, 4) is 0 Å². The maximum atomic E-state index is 9.52. The lowest BCUT2D eigenvalue weighted by atomic mass is 10.1. The molecule has 4 nitrogen and oxygen atoms in total. The molecule has 0 fully saturated rings. The first-order valence-corrected chi connectivity index (χ1v) is 5.27. The normalized spacial score (nSPS) is 15.2. The molecule has 0 radical (unpaired) electrons. The molecule has 0 aliphatic rings. The van der Waals surface area contributed by atoms with Gasteiger partial charge in [-0.25, -0.2) is 4.98 Å². The van der Waals surface area contributed by atoms with Gasteiger partial charge in [0.05, 0.1) is 12.3 Å². The first-order valence-electron chi connectivity index (χ1n) is 4.46. The van der Waals surface area contributed by atoms with E-state index in [2.05, 4.69) is 10.3 Å². The van der Waals surface area contributed by atoms with E-state index in [0.29, 0.717) is 6.54 Å². The van der Waals surface area contributed by atoms with Crippen molar-refractivity contribution in [3.63, 3.8) is 0 Å². The number of anilines is 1. The first kappa shape index (κ1) is 11.4. The summed E-state index contributed by atoms with van der Waals surface area (Å²) in [5.41, 5.74) is -0.0887. The molecule has 0 aromatic carbocycles. The van der Waals surface area contributed by atoms with Gasteiger partial charge in [0.15, 0.2) is 5.13 Å². The molecule has 0 spiro atoms. The van der Waals surface area contributed by atoms with Gasteiger partial charge in [0.25, 0.3) is 0 Å². The summed E-state index contributed by atoms with van der Waals surface area (Å²) < 4.78 is 0. The van der Waals surface area contributed by atoms with Crippen LogP contribution in [-0.4, -0.2) is 33.9 Å². The van der Waals surface area contributed by atoms with Crippen molar-refractivity contribution in [2.75, 3.05) is 18.5 Å². The van der Waals surface area contributed by atoms with Crippen LogP contribution in [0.25, 0.3) is 0 Å². The minimum Gasteiger partial charge on any atom is -0.393 e. The Balaban J connectivity index is 2.54. The van der Waals surface area contributed by atoms with Gasteiger partial charge >= 0.3 is 0 Å². The Morgan fingerprint density at radius 1 is 1.50 bits per heavy atom. The molecule has 1 heterocycles. The van der Waals surface area contributed by atoms with Crippen LogP contribution in [0.5, 0.6) is 0 Å². The number of aliphatic hydroxyl groups excluding tert-OH is 1. The van der Waals surface area contributed by atoms with Gasteiger partial charge in [-0.3, -0.25) is 0 Å². The second-order valence-electron chi connectivity index (χ2n) is 3.67. The van der Waals surface area contributed by atoms with Crippen LogP contribution in [0.3, 0.4) is 0 Å². The molecule has 0 aliphatic heterocycles. The summed E-state index contributed by atoms with van der Waals surface area (Å²) >= 11 is 1.55. The monoisotopic (exact) mass is 216 g/mol. The lowest BCUT2D eigenvalue weighted by Crippen LogP contribution is -2.37. The zero-order chi connectivity index (χ0) is 10.8. The Kier molecular flexibility index (Phi) is 3.47. The fourth-order valence-electron chi connectivity index (χ4n) is 0.870. The Morgan fingerprint density at radius 2 is 2.14 bits per heavy atom. The van der Waals surface area contributed by atoms with Gasteiger partial charge in [0, 0.05) is 11.4 Å². The van der Waals surface area contributed by atoms with Gasteiger partial charge in [-0.2, -0.15) is 0 Å². The molecule has 5 heteroatoms. The third-order valence-electron chi connectivity index (χ3n) is 1.99. The second-order valence-corrected chi connectivity index (χ2v) is 4.87. The Morgan fingerprint density at radius 3 is 2.57 bits per heavy atom. The molecule has 0 aliphatic carbocycles. The van der Waals surface area contributed by atoms with E-state index in [1.54, 1.807) is 18.3 Å².